The molecule has 0 bridgehead atoms. The number of carbonyl (C=O) groups excluding carboxylic acids is 2. The largest absolute Gasteiger partial charge is 0.481 e. The Bertz CT molecular complexity index is 1590. The lowest BCUT2D eigenvalue weighted by Gasteiger charge is -2.17. The number of amides is 2. The maximum absolute atomic E-state index is 11.0. The highest BCUT2D eigenvalue weighted by atomic mass is 16.5. The topological polar surface area (TPSA) is 161 Å². The molecule has 5 N–H and O–H groups in total. The normalized spacial score (nSPS) is 10.8. The highest BCUT2D eigenvalue weighted by molar-refractivity contribution is 5.74. The number of ether oxygens (including phenoxy) is 4. The van der Waals surface area contributed by atoms with Gasteiger partial charge in [0.05, 0.1) is 14.2 Å². The van der Waals surface area contributed by atoms with Crippen LogP contribution in [0.3, 0.4) is 0 Å². The number of aromatic nitrogens is 2. The van der Waals surface area contributed by atoms with Crippen LogP contribution in [0, 0.1) is 13.8 Å². The molecular weight excluding hydrogens is 610 g/mol. The monoisotopic (exact) mass is 655 g/mol. The van der Waals surface area contributed by atoms with E-state index in [-0.39, 0.29) is 18.2 Å². The quantitative estimate of drug-likeness (QED) is 0.117. The molecule has 0 saturated carbocycles. The number of aryl methyl sites for hydroxylation is 1. The maximum atomic E-state index is 11.0. The third-order valence-corrected chi connectivity index (χ3v) is 8.13. The lowest BCUT2D eigenvalue weighted by atomic mass is 9.92. The first-order valence-electron chi connectivity index (χ1n) is 16.0. The van der Waals surface area contributed by atoms with Crippen molar-refractivity contribution in [3.05, 3.63) is 94.0 Å². The maximum Gasteiger partial charge on any atom is 0.220 e. The van der Waals surface area contributed by atoms with Crippen LogP contribution in [0.2, 0.25) is 0 Å². The first kappa shape index (κ1) is 35.7. The molecule has 0 spiro atoms. The Morgan fingerprint density at radius 3 is 1.71 bits per heavy atom. The number of benzene rings is 2. The van der Waals surface area contributed by atoms with Crippen LogP contribution in [-0.4, -0.2) is 42.5 Å². The Morgan fingerprint density at radius 2 is 1.19 bits per heavy atom. The van der Waals surface area contributed by atoms with E-state index in [1.807, 2.05) is 36.4 Å². The van der Waals surface area contributed by atoms with E-state index in [2.05, 4.69) is 53.4 Å². The van der Waals surface area contributed by atoms with Crippen LogP contribution in [0.5, 0.6) is 23.5 Å². The van der Waals surface area contributed by atoms with Crippen molar-refractivity contribution in [3.63, 3.8) is 0 Å². The van der Waals surface area contributed by atoms with Crippen molar-refractivity contribution in [2.24, 2.45) is 11.5 Å². The molecule has 2 aromatic heterocycles. The van der Waals surface area contributed by atoms with E-state index in [1.165, 1.54) is 0 Å². The molecule has 0 saturated heterocycles. The van der Waals surface area contributed by atoms with E-state index in [4.69, 9.17) is 30.4 Å². The molecule has 11 heteroatoms. The van der Waals surface area contributed by atoms with Gasteiger partial charge in [-0.2, -0.15) is 9.97 Å². The van der Waals surface area contributed by atoms with Gasteiger partial charge in [-0.05, 0) is 78.6 Å². The van der Waals surface area contributed by atoms with E-state index in [0.717, 1.165) is 63.8 Å². The third kappa shape index (κ3) is 9.92. The molecular formula is C37H45N5O6. The van der Waals surface area contributed by atoms with Gasteiger partial charge in [0.1, 0.15) is 13.2 Å². The van der Waals surface area contributed by atoms with Crippen molar-refractivity contribution in [2.75, 3.05) is 20.8 Å². The van der Waals surface area contributed by atoms with Crippen LogP contribution >= 0.6 is 0 Å². The van der Waals surface area contributed by atoms with Gasteiger partial charge in [-0.25, -0.2) is 0 Å². The molecule has 0 unspecified atom stereocenters. The molecule has 48 heavy (non-hydrogen) atoms. The fourth-order valence-corrected chi connectivity index (χ4v) is 5.36. The Hall–Kier alpha value is -5.16. The molecule has 0 atom stereocenters. The summed E-state index contributed by atoms with van der Waals surface area (Å²) in [4.78, 5) is 31.1. The van der Waals surface area contributed by atoms with Gasteiger partial charge in [-0.3, -0.25) is 9.59 Å². The Balaban J connectivity index is 1.41. The summed E-state index contributed by atoms with van der Waals surface area (Å²) < 4.78 is 23.2. The molecule has 254 valence electrons. The van der Waals surface area contributed by atoms with E-state index in [1.54, 1.807) is 14.2 Å². The van der Waals surface area contributed by atoms with Gasteiger partial charge in [0.25, 0.3) is 0 Å². The zero-order chi connectivity index (χ0) is 34.5. The summed E-state index contributed by atoms with van der Waals surface area (Å²) in [6, 6.07) is 19.9. The van der Waals surface area contributed by atoms with Gasteiger partial charge in [0.2, 0.25) is 35.3 Å². The minimum Gasteiger partial charge on any atom is -0.481 e. The number of hydrogen-bond donors (Lipinski definition) is 3. The van der Waals surface area contributed by atoms with Crippen LogP contribution in [0.15, 0.2) is 60.7 Å². The number of unbranched alkanes of at least 4 members (excludes halogenated alkanes) is 1. The van der Waals surface area contributed by atoms with Crippen molar-refractivity contribution in [2.45, 2.75) is 65.7 Å². The number of hydrogen-bond acceptors (Lipinski definition) is 9. The van der Waals surface area contributed by atoms with Crippen LogP contribution in [0.25, 0.3) is 11.1 Å². The van der Waals surface area contributed by atoms with Crippen LogP contribution in [-0.2, 0) is 35.8 Å². The number of carbonyl (C=O) groups is 2. The number of nitrogens with one attached hydrogen (secondary N) is 1. The van der Waals surface area contributed by atoms with Crippen molar-refractivity contribution < 1.29 is 28.5 Å². The number of methoxy groups -OCH3 is 2. The molecule has 11 nitrogen and oxygen atoms in total. The number of pyridine rings is 2. The second-order valence-electron chi connectivity index (χ2n) is 11.5. The zero-order valence-electron chi connectivity index (χ0n) is 28.1. The summed E-state index contributed by atoms with van der Waals surface area (Å²) >= 11 is 0. The Morgan fingerprint density at radius 1 is 0.667 bits per heavy atom. The summed E-state index contributed by atoms with van der Waals surface area (Å²) in [5, 5.41) is 3.17. The fourth-order valence-electron chi connectivity index (χ4n) is 5.36. The van der Waals surface area contributed by atoms with E-state index in [9.17, 15) is 9.59 Å². The van der Waals surface area contributed by atoms with Crippen LogP contribution in [0.1, 0.15) is 59.1 Å². The van der Waals surface area contributed by atoms with Crippen molar-refractivity contribution in [3.8, 4) is 34.6 Å². The molecule has 0 fully saturated rings. The molecule has 0 aliphatic heterocycles. The molecule has 2 aromatic carbocycles. The lowest BCUT2D eigenvalue weighted by Crippen LogP contribution is -2.22. The van der Waals surface area contributed by atoms with Gasteiger partial charge in [0, 0.05) is 49.2 Å². The summed E-state index contributed by atoms with van der Waals surface area (Å²) in [5.74, 6) is 1.27. The Kier molecular flexibility index (Phi) is 13.1. The zero-order valence-corrected chi connectivity index (χ0v) is 28.1. The molecule has 2 amide bonds. The first-order valence-corrected chi connectivity index (χ1v) is 16.0. The van der Waals surface area contributed by atoms with Crippen molar-refractivity contribution in [1.82, 2.24) is 15.3 Å². The number of rotatable bonds is 19. The second kappa shape index (κ2) is 17.7. The van der Waals surface area contributed by atoms with E-state index >= 15 is 0 Å². The highest BCUT2D eigenvalue weighted by Crippen LogP contribution is 2.32. The number of nitrogens with zero attached hydrogens (tertiary/aromatic N) is 2. The third-order valence-electron chi connectivity index (χ3n) is 8.13. The average Bonchev–Trinajstić information content (AvgIpc) is 3.08. The summed E-state index contributed by atoms with van der Waals surface area (Å²) in [7, 11) is 3.16. The smallest absolute Gasteiger partial charge is 0.220 e. The number of primary amides is 2. The summed E-state index contributed by atoms with van der Waals surface area (Å²) in [6.45, 7) is 5.84. The fraction of sp³-hybridized carbons (Fsp3) is 0.351. The first-order chi connectivity index (χ1) is 23.2. The van der Waals surface area contributed by atoms with Gasteiger partial charge < -0.3 is 35.7 Å². The molecule has 0 aliphatic rings. The molecule has 2 heterocycles. The minimum atomic E-state index is -0.350. The Labute approximate surface area is 282 Å². The van der Waals surface area contributed by atoms with Gasteiger partial charge >= 0.3 is 0 Å². The lowest BCUT2D eigenvalue weighted by molar-refractivity contribution is -0.118. The van der Waals surface area contributed by atoms with Crippen LogP contribution < -0.4 is 35.7 Å². The SMILES string of the molecule is COc1nc(OCc2cccc(-c3cccc(COc4ccc(CNCCC(N)=O)c(OC)n4)c3C)c2C)ccc1CCCCC(N)=O. The van der Waals surface area contributed by atoms with Crippen molar-refractivity contribution in [1.29, 1.82) is 0 Å². The predicted molar refractivity (Wildman–Crippen MR) is 184 cm³/mol. The molecule has 4 rings (SSSR count). The predicted octanol–water partition coefficient (Wildman–Crippen LogP) is 5.10. The van der Waals surface area contributed by atoms with Crippen LogP contribution in [0.4, 0.5) is 0 Å². The van der Waals surface area contributed by atoms with Crippen molar-refractivity contribution >= 4 is 11.8 Å². The van der Waals surface area contributed by atoms with Gasteiger partial charge in [-0.15, -0.1) is 0 Å². The number of nitrogens with two attached hydrogens (primary N) is 2. The molecule has 0 radical (unpaired) electrons. The molecule has 0 aliphatic carbocycles. The molecule has 4 aromatic rings. The highest BCUT2D eigenvalue weighted by Gasteiger charge is 2.14. The van der Waals surface area contributed by atoms with E-state index < -0.39 is 0 Å². The summed E-state index contributed by atoms with van der Waals surface area (Å²) in [6.07, 6.45) is 2.92. The second-order valence-corrected chi connectivity index (χ2v) is 11.5. The van der Waals surface area contributed by atoms with Gasteiger partial charge in [-0.1, -0.05) is 36.4 Å². The minimum absolute atomic E-state index is 0.262. The average molecular weight is 656 g/mol. The van der Waals surface area contributed by atoms with E-state index in [0.29, 0.717) is 56.2 Å². The standard InChI is InChI=1S/C37H45N5O6/c1-24-28(22-47-34-17-15-26(36(41-34)45-3)9-5-6-14-32(38)43)10-7-12-30(24)31-13-8-11-29(25(31)2)23-48-35-18-16-27(37(42-35)46-4)21-40-20-19-33(39)44/h7-8,10-13,15-18,40H,5-6,9,14,19-23H2,1-4H3,(H2,38,43)(H2,39,44). The van der Waals surface area contributed by atoms with Gasteiger partial charge in [0.15, 0.2) is 0 Å². The summed E-state index contributed by atoms with van der Waals surface area (Å²) in [5.41, 5.74) is 18.8.